The highest BCUT2D eigenvalue weighted by Gasteiger charge is 1.88. The fourth-order valence-electron chi connectivity index (χ4n) is 0.673. The largest absolute Gasteiger partial charge is 0.349 e. The summed E-state index contributed by atoms with van der Waals surface area (Å²) in [7, 11) is 0. The molecule has 1 rings (SSSR count). The van der Waals surface area contributed by atoms with Gasteiger partial charge in [-0.25, -0.2) is 4.98 Å². The second kappa shape index (κ2) is 3.07. The Morgan fingerprint density at radius 1 is 1.78 bits per heavy atom. The number of hydrogen-bond acceptors (Lipinski definition) is 1. The maximum Gasteiger partial charge on any atom is 0.106 e. The number of aromatic amines is 1. The third kappa shape index (κ3) is 1.72. The molecular weight excluding hydrogens is 112 g/mol. The molecule has 0 aromatic carbocycles. The van der Waals surface area contributed by atoms with Gasteiger partial charge in [0.25, 0.3) is 0 Å². The molecule has 0 aliphatic carbocycles. The molecule has 1 N–H and O–H groups in total. The van der Waals surface area contributed by atoms with Gasteiger partial charge in [0.1, 0.15) is 5.82 Å². The van der Waals surface area contributed by atoms with E-state index in [2.05, 4.69) is 16.5 Å². The van der Waals surface area contributed by atoms with Crippen LogP contribution < -0.4 is 0 Å². The Morgan fingerprint density at radius 3 is 3.22 bits per heavy atom. The minimum atomic E-state index is 0.969. The Morgan fingerprint density at radius 2 is 2.67 bits per heavy atom. The lowest BCUT2D eigenvalue weighted by atomic mass is 10.3. The first-order valence-corrected chi connectivity index (χ1v) is 3.02. The van der Waals surface area contributed by atoms with E-state index in [1.807, 2.05) is 12.3 Å². The summed E-state index contributed by atoms with van der Waals surface area (Å²) in [6.45, 7) is 3.62. The van der Waals surface area contributed by atoms with Gasteiger partial charge in [-0.05, 0) is 6.42 Å². The van der Waals surface area contributed by atoms with Crippen LogP contribution >= 0.6 is 0 Å². The van der Waals surface area contributed by atoms with E-state index in [1.165, 1.54) is 0 Å². The van der Waals surface area contributed by atoms with Crippen molar-refractivity contribution in [2.75, 3.05) is 0 Å². The molecule has 0 aliphatic rings. The molecule has 9 heavy (non-hydrogen) atoms. The molecule has 0 fully saturated rings. The monoisotopic (exact) mass is 122 g/mol. The smallest absolute Gasteiger partial charge is 0.106 e. The standard InChI is InChI=1S/C7H10N2/c1-2-3-4-7-8-5-6-9-7/h2,5-6H,1,3-4H2,(H,8,9). The van der Waals surface area contributed by atoms with Gasteiger partial charge in [0, 0.05) is 18.8 Å². The Labute approximate surface area is 54.6 Å². The quantitative estimate of drug-likeness (QED) is 0.605. The molecular formula is C7H10N2. The van der Waals surface area contributed by atoms with Gasteiger partial charge in [-0.3, -0.25) is 0 Å². The highest BCUT2D eigenvalue weighted by atomic mass is 14.9. The number of hydrogen-bond donors (Lipinski definition) is 1. The van der Waals surface area contributed by atoms with E-state index in [0.29, 0.717) is 0 Å². The summed E-state index contributed by atoms with van der Waals surface area (Å²) in [6, 6.07) is 0. The zero-order chi connectivity index (χ0) is 6.53. The predicted octanol–water partition coefficient (Wildman–Crippen LogP) is 1.53. The molecule has 0 saturated heterocycles. The van der Waals surface area contributed by atoms with Crippen molar-refractivity contribution in [2.45, 2.75) is 12.8 Å². The van der Waals surface area contributed by atoms with Crippen molar-refractivity contribution < 1.29 is 0 Å². The molecule has 0 aliphatic heterocycles. The molecule has 2 heteroatoms. The van der Waals surface area contributed by atoms with Crippen LogP contribution in [-0.4, -0.2) is 9.97 Å². The lowest BCUT2D eigenvalue weighted by Crippen LogP contribution is -1.84. The Balaban J connectivity index is 2.38. The molecule has 0 spiro atoms. The summed E-state index contributed by atoms with van der Waals surface area (Å²) in [5.74, 6) is 1.04. The summed E-state index contributed by atoms with van der Waals surface area (Å²) in [6.07, 6.45) is 7.45. The average molecular weight is 122 g/mol. The van der Waals surface area contributed by atoms with Gasteiger partial charge in [0.15, 0.2) is 0 Å². The fourth-order valence-corrected chi connectivity index (χ4v) is 0.673. The number of H-pyrrole nitrogens is 1. The van der Waals surface area contributed by atoms with Gasteiger partial charge < -0.3 is 4.98 Å². The topological polar surface area (TPSA) is 28.7 Å². The molecule has 1 heterocycles. The van der Waals surface area contributed by atoms with Crippen LogP contribution in [0.25, 0.3) is 0 Å². The first-order chi connectivity index (χ1) is 4.43. The average Bonchev–Trinajstić information content (AvgIpc) is 2.34. The number of imidazole rings is 1. The second-order valence-electron chi connectivity index (χ2n) is 1.86. The van der Waals surface area contributed by atoms with E-state index < -0.39 is 0 Å². The van der Waals surface area contributed by atoms with Crippen LogP contribution in [-0.2, 0) is 6.42 Å². The van der Waals surface area contributed by atoms with Gasteiger partial charge in [-0.2, -0.15) is 0 Å². The second-order valence-corrected chi connectivity index (χ2v) is 1.86. The molecule has 48 valence electrons. The Hall–Kier alpha value is -1.05. The highest BCUT2D eigenvalue weighted by Crippen LogP contribution is 1.93. The van der Waals surface area contributed by atoms with Crippen molar-refractivity contribution in [1.82, 2.24) is 9.97 Å². The van der Waals surface area contributed by atoms with E-state index in [0.717, 1.165) is 18.7 Å². The summed E-state index contributed by atoms with van der Waals surface area (Å²) >= 11 is 0. The lowest BCUT2D eigenvalue weighted by molar-refractivity contribution is 0.911. The van der Waals surface area contributed by atoms with E-state index in [9.17, 15) is 0 Å². The van der Waals surface area contributed by atoms with Gasteiger partial charge in [0.05, 0.1) is 0 Å². The van der Waals surface area contributed by atoms with Gasteiger partial charge in [0.2, 0.25) is 0 Å². The Kier molecular flexibility index (Phi) is 2.07. The number of nitrogens with zero attached hydrogens (tertiary/aromatic N) is 1. The summed E-state index contributed by atoms with van der Waals surface area (Å²) in [5.41, 5.74) is 0. The molecule has 2 nitrogen and oxygen atoms in total. The summed E-state index contributed by atoms with van der Waals surface area (Å²) in [4.78, 5) is 7.06. The zero-order valence-electron chi connectivity index (χ0n) is 5.30. The highest BCUT2D eigenvalue weighted by molar-refractivity contribution is 4.88. The summed E-state index contributed by atoms with van der Waals surface area (Å²) < 4.78 is 0. The van der Waals surface area contributed by atoms with Crippen molar-refractivity contribution in [3.05, 3.63) is 30.9 Å². The van der Waals surface area contributed by atoms with E-state index in [-0.39, 0.29) is 0 Å². The normalized spacial score (nSPS) is 9.33. The van der Waals surface area contributed by atoms with Crippen molar-refractivity contribution in [3.8, 4) is 0 Å². The third-order valence-electron chi connectivity index (χ3n) is 1.14. The van der Waals surface area contributed by atoms with Crippen LogP contribution in [0.5, 0.6) is 0 Å². The lowest BCUT2D eigenvalue weighted by Gasteiger charge is -1.87. The van der Waals surface area contributed by atoms with Crippen molar-refractivity contribution in [3.63, 3.8) is 0 Å². The zero-order valence-corrected chi connectivity index (χ0v) is 5.30. The van der Waals surface area contributed by atoms with E-state index in [1.54, 1.807) is 6.20 Å². The molecule has 1 aromatic heterocycles. The molecule has 0 amide bonds. The molecule has 0 radical (unpaired) electrons. The number of nitrogens with one attached hydrogen (secondary N) is 1. The van der Waals surface area contributed by atoms with Gasteiger partial charge in [-0.1, -0.05) is 6.08 Å². The van der Waals surface area contributed by atoms with Crippen LogP contribution in [0.15, 0.2) is 25.0 Å². The molecule has 0 saturated carbocycles. The maximum atomic E-state index is 4.05. The Bertz CT molecular complexity index is 165. The first-order valence-electron chi connectivity index (χ1n) is 3.02. The minimum absolute atomic E-state index is 0.969. The first kappa shape index (κ1) is 6.08. The van der Waals surface area contributed by atoms with Gasteiger partial charge in [-0.15, -0.1) is 6.58 Å². The van der Waals surface area contributed by atoms with Crippen LogP contribution in [0.1, 0.15) is 12.2 Å². The van der Waals surface area contributed by atoms with Crippen LogP contribution in [0.2, 0.25) is 0 Å². The molecule has 0 unspecified atom stereocenters. The van der Waals surface area contributed by atoms with Crippen LogP contribution in [0, 0.1) is 0 Å². The van der Waals surface area contributed by atoms with Crippen molar-refractivity contribution in [2.24, 2.45) is 0 Å². The number of allylic oxidation sites excluding steroid dienone is 1. The molecule has 0 bridgehead atoms. The van der Waals surface area contributed by atoms with Crippen molar-refractivity contribution in [1.29, 1.82) is 0 Å². The molecule has 1 aromatic rings. The van der Waals surface area contributed by atoms with E-state index >= 15 is 0 Å². The van der Waals surface area contributed by atoms with Crippen LogP contribution in [0.3, 0.4) is 0 Å². The third-order valence-corrected chi connectivity index (χ3v) is 1.14. The molecule has 0 atom stereocenters. The summed E-state index contributed by atoms with van der Waals surface area (Å²) in [5, 5.41) is 0. The maximum absolute atomic E-state index is 4.05. The SMILES string of the molecule is C=CCCc1ncc[nH]1. The van der Waals surface area contributed by atoms with Crippen LogP contribution in [0.4, 0.5) is 0 Å². The minimum Gasteiger partial charge on any atom is -0.349 e. The number of rotatable bonds is 3. The predicted molar refractivity (Wildman–Crippen MR) is 37.1 cm³/mol. The number of aromatic nitrogens is 2. The van der Waals surface area contributed by atoms with Crippen molar-refractivity contribution >= 4 is 0 Å². The fraction of sp³-hybridized carbons (Fsp3) is 0.286. The number of aryl methyl sites for hydroxylation is 1. The van der Waals surface area contributed by atoms with Gasteiger partial charge >= 0.3 is 0 Å². The van der Waals surface area contributed by atoms with E-state index in [4.69, 9.17) is 0 Å².